The van der Waals surface area contributed by atoms with E-state index in [0.29, 0.717) is 0 Å². The highest BCUT2D eigenvalue weighted by Crippen LogP contribution is 2.38. The topological polar surface area (TPSA) is 160 Å². The van der Waals surface area contributed by atoms with Crippen LogP contribution in [0.5, 0.6) is 11.5 Å². The van der Waals surface area contributed by atoms with E-state index in [1.165, 1.54) is 26.2 Å². The summed E-state index contributed by atoms with van der Waals surface area (Å²) in [6, 6.07) is 2.60. The second-order valence-electron chi connectivity index (χ2n) is 7.08. The molecule has 1 aliphatic heterocycles. The number of allylic oxidation sites excluding steroid dienone is 2. The van der Waals surface area contributed by atoms with Gasteiger partial charge in [0.25, 0.3) is 0 Å². The third kappa shape index (κ3) is 3.53. The molecule has 0 saturated carbocycles. The Bertz CT molecular complexity index is 932. The normalized spacial score (nSPS) is 29.0. The Morgan fingerprint density at radius 1 is 1.10 bits per heavy atom. The third-order valence-corrected chi connectivity index (χ3v) is 5.17. The molecule has 4 N–H and O–H groups in total. The maximum atomic E-state index is 13.0. The van der Waals surface area contributed by atoms with E-state index in [1.807, 2.05) is 0 Å². The molecule has 1 fully saturated rings. The predicted octanol–water partition coefficient (Wildman–Crippen LogP) is -0.842. The van der Waals surface area contributed by atoms with Crippen LogP contribution in [0.25, 0.3) is 0 Å². The molecule has 3 rings (SSSR count). The highest BCUT2D eigenvalue weighted by Gasteiger charge is 2.45. The zero-order valence-corrected chi connectivity index (χ0v) is 16.5. The van der Waals surface area contributed by atoms with Gasteiger partial charge in [-0.05, 0) is 19.9 Å². The van der Waals surface area contributed by atoms with Crippen LogP contribution in [0, 0.1) is 0 Å². The molecule has 0 spiro atoms. The van der Waals surface area contributed by atoms with Gasteiger partial charge < -0.3 is 34.6 Å². The molecule has 10 nitrogen and oxygen atoms in total. The lowest BCUT2D eigenvalue weighted by molar-refractivity contribution is -0.277. The predicted molar refractivity (Wildman–Crippen MR) is 99.4 cm³/mol. The van der Waals surface area contributed by atoms with Crippen molar-refractivity contribution in [3.63, 3.8) is 0 Å². The summed E-state index contributed by atoms with van der Waals surface area (Å²) >= 11 is 0. The maximum Gasteiger partial charge on any atom is 0.229 e. The van der Waals surface area contributed by atoms with Crippen molar-refractivity contribution >= 4 is 17.3 Å². The van der Waals surface area contributed by atoms with Gasteiger partial charge in [0, 0.05) is 17.2 Å². The lowest BCUT2D eigenvalue weighted by atomic mass is 9.82. The van der Waals surface area contributed by atoms with E-state index in [2.05, 4.69) is 0 Å². The van der Waals surface area contributed by atoms with Crippen molar-refractivity contribution in [2.24, 2.45) is 0 Å². The van der Waals surface area contributed by atoms with E-state index in [4.69, 9.17) is 14.2 Å². The minimum Gasteiger partial charge on any atom is -0.497 e. The summed E-state index contributed by atoms with van der Waals surface area (Å²) in [5.74, 6) is -1.96. The van der Waals surface area contributed by atoms with Gasteiger partial charge in [-0.2, -0.15) is 0 Å². The molecule has 30 heavy (non-hydrogen) atoms. The van der Waals surface area contributed by atoms with Crippen LogP contribution in [0.4, 0.5) is 0 Å². The smallest absolute Gasteiger partial charge is 0.229 e. The summed E-state index contributed by atoms with van der Waals surface area (Å²) in [6.45, 7) is 1.86. The Balaban J connectivity index is 2.09. The number of aliphatic hydroxyl groups is 4. The van der Waals surface area contributed by atoms with E-state index in [9.17, 15) is 34.8 Å². The Morgan fingerprint density at radius 2 is 1.77 bits per heavy atom. The first-order valence-corrected chi connectivity index (χ1v) is 9.12. The Morgan fingerprint density at radius 3 is 2.33 bits per heavy atom. The maximum absolute atomic E-state index is 13.0. The molecule has 0 unspecified atom stereocenters. The Kier molecular flexibility index (Phi) is 6.06. The van der Waals surface area contributed by atoms with Crippen molar-refractivity contribution in [2.45, 2.75) is 44.6 Å². The van der Waals surface area contributed by atoms with Gasteiger partial charge in [0.1, 0.15) is 35.9 Å². The summed E-state index contributed by atoms with van der Waals surface area (Å²) in [5, 5.41) is 39.4. The van der Waals surface area contributed by atoms with Crippen LogP contribution in [0.2, 0.25) is 0 Å². The molecule has 0 aromatic heterocycles. The number of hydrogen-bond donors (Lipinski definition) is 4. The second kappa shape index (κ2) is 8.25. The molecule has 5 atom stereocenters. The summed E-state index contributed by atoms with van der Waals surface area (Å²) in [5.41, 5.74) is -0.557. The molecule has 1 saturated heterocycles. The molecule has 162 valence electrons. The van der Waals surface area contributed by atoms with Gasteiger partial charge >= 0.3 is 0 Å². The summed E-state index contributed by atoms with van der Waals surface area (Å²) in [4.78, 5) is 37.8. The zero-order valence-electron chi connectivity index (χ0n) is 16.5. The first kappa shape index (κ1) is 22.1. The van der Waals surface area contributed by atoms with Gasteiger partial charge in [0.05, 0.1) is 24.9 Å². The molecular weight excluding hydrogens is 400 g/mol. The fourth-order valence-corrected chi connectivity index (χ4v) is 3.54. The number of ketones is 3. The van der Waals surface area contributed by atoms with Crippen LogP contribution in [0.1, 0.15) is 34.6 Å². The van der Waals surface area contributed by atoms with E-state index in [0.717, 1.165) is 6.92 Å². The molecule has 1 aliphatic carbocycles. The van der Waals surface area contributed by atoms with Crippen molar-refractivity contribution in [1.29, 1.82) is 0 Å². The summed E-state index contributed by atoms with van der Waals surface area (Å²) < 4.78 is 16.1. The number of Topliss-reactive ketones (excluding diaryl/α,β-unsaturated/α-hetero) is 3. The minimum absolute atomic E-state index is 0.00737. The van der Waals surface area contributed by atoms with Crippen molar-refractivity contribution in [1.82, 2.24) is 0 Å². The van der Waals surface area contributed by atoms with Gasteiger partial charge in [0.2, 0.25) is 12.1 Å². The number of methoxy groups -OCH3 is 1. The molecule has 10 heteroatoms. The number of aliphatic hydroxyl groups excluding tert-OH is 4. The molecule has 0 radical (unpaired) electrons. The summed E-state index contributed by atoms with van der Waals surface area (Å²) in [7, 11) is 1.33. The van der Waals surface area contributed by atoms with Crippen LogP contribution in [0.15, 0.2) is 23.3 Å². The quantitative estimate of drug-likeness (QED) is 0.441. The van der Waals surface area contributed by atoms with Crippen LogP contribution in [-0.2, 0) is 9.53 Å². The highest BCUT2D eigenvalue weighted by atomic mass is 16.7. The fraction of sp³-hybridized carbons (Fsp3) is 0.450. The highest BCUT2D eigenvalue weighted by molar-refractivity contribution is 6.37. The number of fused-ring (bicyclic) bond motifs is 1. The second-order valence-corrected chi connectivity index (χ2v) is 7.08. The fourth-order valence-electron chi connectivity index (χ4n) is 3.54. The van der Waals surface area contributed by atoms with E-state index in [-0.39, 0.29) is 33.8 Å². The lowest BCUT2D eigenvalue weighted by Crippen LogP contribution is -2.60. The SMILES string of the molecule is COc1cc(O[C@H]2O[C@H](CO)[C@@H](O)[C@H](O)[C@H]2O)c2c(c1)C(=O)C(C)=C(C(C)=O)C2=O. The Labute approximate surface area is 171 Å². The molecule has 1 aromatic carbocycles. The van der Waals surface area contributed by atoms with Crippen molar-refractivity contribution in [2.75, 3.05) is 13.7 Å². The third-order valence-electron chi connectivity index (χ3n) is 5.17. The molecule has 1 aromatic rings. The molecule has 0 amide bonds. The van der Waals surface area contributed by atoms with Gasteiger partial charge in [-0.1, -0.05) is 0 Å². The van der Waals surface area contributed by atoms with Crippen molar-refractivity contribution < 1.29 is 49.0 Å². The van der Waals surface area contributed by atoms with Gasteiger partial charge in [-0.25, -0.2) is 0 Å². The number of carbonyl (C=O) groups excluding carboxylic acids is 3. The molecule has 2 aliphatic rings. The standard InChI is InChI=1S/C20H22O10/c1-7-13(8(2)22)17(25)14-10(15(7)23)4-9(28-3)5-11(14)29-20-19(27)18(26)16(24)12(6-21)30-20/h4-5,12,16,18-21,24,26-27H,6H2,1-3H3/t12-,16-,18+,19-,20+/m1/s1. The van der Waals surface area contributed by atoms with Gasteiger partial charge in [-0.15, -0.1) is 0 Å². The molecular formula is C20H22O10. The number of hydrogen-bond acceptors (Lipinski definition) is 10. The Hall–Kier alpha value is -2.63. The minimum atomic E-state index is -1.73. The lowest BCUT2D eigenvalue weighted by Gasteiger charge is -2.39. The van der Waals surface area contributed by atoms with E-state index in [1.54, 1.807) is 0 Å². The van der Waals surface area contributed by atoms with Crippen molar-refractivity contribution in [3.05, 3.63) is 34.4 Å². The molecule has 1 heterocycles. The number of carbonyl (C=O) groups is 3. The first-order chi connectivity index (χ1) is 14.1. The van der Waals surface area contributed by atoms with Gasteiger partial charge in [-0.3, -0.25) is 14.4 Å². The average Bonchev–Trinajstić information content (AvgIpc) is 2.71. The average molecular weight is 422 g/mol. The summed E-state index contributed by atoms with van der Waals surface area (Å²) in [6.07, 6.45) is -7.85. The zero-order chi connectivity index (χ0) is 22.3. The monoisotopic (exact) mass is 422 g/mol. The van der Waals surface area contributed by atoms with Crippen LogP contribution in [-0.4, -0.2) is 82.2 Å². The van der Waals surface area contributed by atoms with Crippen LogP contribution in [0.3, 0.4) is 0 Å². The number of ether oxygens (including phenoxy) is 3. The van der Waals surface area contributed by atoms with Gasteiger partial charge in [0.15, 0.2) is 11.6 Å². The van der Waals surface area contributed by atoms with Crippen LogP contribution < -0.4 is 9.47 Å². The van der Waals surface area contributed by atoms with E-state index >= 15 is 0 Å². The van der Waals surface area contributed by atoms with Crippen molar-refractivity contribution in [3.8, 4) is 11.5 Å². The van der Waals surface area contributed by atoms with Crippen LogP contribution >= 0.6 is 0 Å². The largest absolute Gasteiger partial charge is 0.497 e. The van der Waals surface area contributed by atoms with E-state index < -0.39 is 54.7 Å². The number of benzene rings is 1. The molecule has 0 bridgehead atoms. The first-order valence-electron chi connectivity index (χ1n) is 9.12. The number of rotatable bonds is 5.